The van der Waals surface area contributed by atoms with Gasteiger partial charge in [0, 0.05) is 19.3 Å². The third-order valence-electron chi connectivity index (χ3n) is 2.76. The molecule has 0 aliphatic heterocycles. The molecule has 0 aliphatic carbocycles. The fourth-order valence-electron chi connectivity index (χ4n) is 1.64. The van der Waals surface area contributed by atoms with E-state index in [1.54, 1.807) is 19.2 Å². The summed E-state index contributed by atoms with van der Waals surface area (Å²) >= 11 is 6.03. The smallest absolute Gasteiger partial charge is 0.137 e. The molecule has 1 aromatic rings. The number of aliphatic hydroxyl groups excluding tert-OH is 2. The molecule has 0 saturated carbocycles. The molecule has 1 rings (SSSR count). The maximum atomic E-state index is 9.25. The van der Waals surface area contributed by atoms with Crippen LogP contribution in [0.3, 0.4) is 0 Å². The molecule has 0 bridgehead atoms. The fourth-order valence-corrected chi connectivity index (χ4v) is 1.89. The van der Waals surface area contributed by atoms with Gasteiger partial charge in [0.15, 0.2) is 0 Å². The van der Waals surface area contributed by atoms with Gasteiger partial charge in [-0.3, -0.25) is 0 Å². The van der Waals surface area contributed by atoms with Gasteiger partial charge in [-0.2, -0.15) is 0 Å². The van der Waals surface area contributed by atoms with E-state index in [1.165, 1.54) is 0 Å². The Morgan fingerprint density at radius 2 is 2.12 bits per heavy atom. The number of hydrogen-bond acceptors (Lipinski definition) is 4. The summed E-state index contributed by atoms with van der Waals surface area (Å²) in [6, 6.07) is 5.30. The van der Waals surface area contributed by atoms with E-state index in [0.29, 0.717) is 17.2 Å². The molecule has 0 aliphatic rings. The normalized spacial score (nSPS) is 12.3. The molecule has 0 amide bonds. The molecule has 0 aromatic heterocycles. The summed E-state index contributed by atoms with van der Waals surface area (Å²) in [7, 11) is 3.42. The number of nitrogens with zero attached hydrogens (tertiary/aromatic N) is 1. The fraction of sp³-hybridized carbons (Fsp3) is 0.500. The lowest BCUT2D eigenvalue weighted by atomic mass is 10.1. The molecule has 4 nitrogen and oxygen atoms in total. The highest BCUT2D eigenvalue weighted by Gasteiger charge is 2.14. The third-order valence-corrected chi connectivity index (χ3v) is 3.06. The largest absolute Gasteiger partial charge is 0.495 e. The van der Waals surface area contributed by atoms with E-state index in [-0.39, 0.29) is 19.3 Å². The van der Waals surface area contributed by atoms with Gasteiger partial charge < -0.3 is 19.8 Å². The molecular formula is C12H18ClNO3. The number of likely N-dealkylation sites (N-methyl/N-ethyl adjacent to an activating group) is 1. The van der Waals surface area contributed by atoms with Crippen LogP contribution in [-0.2, 0) is 0 Å². The number of halogens is 1. The van der Waals surface area contributed by atoms with E-state index in [1.807, 2.05) is 18.0 Å². The van der Waals surface area contributed by atoms with Gasteiger partial charge in [0.05, 0.1) is 24.8 Å². The van der Waals surface area contributed by atoms with Crippen molar-refractivity contribution in [2.24, 2.45) is 0 Å². The van der Waals surface area contributed by atoms with Crippen LogP contribution in [0, 0.1) is 0 Å². The van der Waals surface area contributed by atoms with Gasteiger partial charge in [0.2, 0.25) is 0 Å². The van der Waals surface area contributed by atoms with E-state index in [2.05, 4.69) is 0 Å². The molecule has 0 spiro atoms. The van der Waals surface area contributed by atoms with Crippen molar-refractivity contribution >= 4 is 17.3 Å². The minimum Gasteiger partial charge on any atom is -0.495 e. The first kappa shape index (κ1) is 14.1. The van der Waals surface area contributed by atoms with Crippen LogP contribution in [0.1, 0.15) is 6.42 Å². The SMILES string of the molecule is COc1ccc(N(C)C(CO)CCO)cc1Cl. The zero-order valence-electron chi connectivity index (χ0n) is 10.1. The first-order chi connectivity index (χ1) is 8.13. The monoisotopic (exact) mass is 259 g/mol. The number of benzene rings is 1. The Bertz CT molecular complexity index is 360. The molecule has 5 heteroatoms. The summed E-state index contributed by atoms with van der Waals surface area (Å²) in [6.07, 6.45) is 0.511. The summed E-state index contributed by atoms with van der Waals surface area (Å²) in [5.74, 6) is 0.617. The van der Waals surface area contributed by atoms with Gasteiger partial charge >= 0.3 is 0 Å². The van der Waals surface area contributed by atoms with Crippen LogP contribution in [0.2, 0.25) is 5.02 Å². The Kier molecular flexibility index (Phi) is 5.55. The van der Waals surface area contributed by atoms with E-state index in [4.69, 9.17) is 21.4 Å². The highest BCUT2D eigenvalue weighted by Crippen LogP contribution is 2.29. The van der Waals surface area contributed by atoms with E-state index < -0.39 is 0 Å². The molecule has 17 heavy (non-hydrogen) atoms. The average molecular weight is 260 g/mol. The minimum atomic E-state index is -0.121. The number of rotatable bonds is 6. The minimum absolute atomic E-state index is 0.0132. The molecule has 1 atom stereocenters. The Labute approximate surface area is 106 Å². The molecule has 1 unspecified atom stereocenters. The summed E-state index contributed by atoms with van der Waals surface area (Å²) in [4.78, 5) is 1.89. The Balaban J connectivity index is 2.87. The van der Waals surface area contributed by atoms with Crippen molar-refractivity contribution in [2.75, 3.05) is 32.3 Å². The predicted molar refractivity (Wildman–Crippen MR) is 69.0 cm³/mol. The Morgan fingerprint density at radius 3 is 2.59 bits per heavy atom. The van der Waals surface area contributed by atoms with Crippen LogP contribution >= 0.6 is 11.6 Å². The second-order valence-corrected chi connectivity index (χ2v) is 4.19. The highest BCUT2D eigenvalue weighted by molar-refractivity contribution is 6.32. The van der Waals surface area contributed by atoms with Crippen LogP contribution in [0.15, 0.2) is 18.2 Å². The Hall–Kier alpha value is -0.970. The second kappa shape index (κ2) is 6.69. The van der Waals surface area contributed by atoms with Gasteiger partial charge in [-0.1, -0.05) is 11.6 Å². The van der Waals surface area contributed by atoms with E-state index in [0.717, 1.165) is 5.69 Å². The molecule has 0 heterocycles. The molecule has 2 N–H and O–H groups in total. The maximum Gasteiger partial charge on any atom is 0.137 e. The van der Waals surface area contributed by atoms with Crippen LogP contribution in [0.5, 0.6) is 5.75 Å². The number of anilines is 1. The predicted octanol–water partition coefficient (Wildman–Crippen LogP) is 1.53. The van der Waals surface area contributed by atoms with Crippen molar-refractivity contribution in [3.8, 4) is 5.75 Å². The number of aliphatic hydroxyl groups is 2. The zero-order chi connectivity index (χ0) is 12.8. The molecule has 1 aromatic carbocycles. The van der Waals surface area contributed by atoms with Crippen molar-refractivity contribution in [3.05, 3.63) is 23.2 Å². The van der Waals surface area contributed by atoms with Crippen molar-refractivity contribution in [3.63, 3.8) is 0 Å². The Morgan fingerprint density at radius 1 is 1.41 bits per heavy atom. The zero-order valence-corrected chi connectivity index (χ0v) is 10.8. The quantitative estimate of drug-likeness (QED) is 0.814. The van der Waals surface area contributed by atoms with Gasteiger partial charge in [-0.15, -0.1) is 0 Å². The van der Waals surface area contributed by atoms with E-state index >= 15 is 0 Å². The standard InChI is InChI=1S/C12H18ClNO3/c1-14(10(8-16)5-6-15)9-3-4-12(17-2)11(13)7-9/h3-4,7,10,15-16H,5-6,8H2,1-2H3. The number of ether oxygens (including phenoxy) is 1. The van der Waals surface area contributed by atoms with Crippen LogP contribution in [0.4, 0.5) is 5.69 Å². The lowest BCUT2D eigenvalue weighted by Gasteiger charge is -2.28. The molecular weight excluding hydrogens is 242 g/mol. The highest BCUT2D eigenvalue weighted by atomic mass is 35.5. The van der Waals surface area contributed by atoms with Crippen LogP contribution in [-0.4, -0.2) is 43.6 Å². The molecule has 96 valence electrons. The lowest BCUT2D eigenvalue weighted by molar-refractivity contribution is 0.218. The summed E-state index contributed by atoms with van der Waals surface area (Å²) in [5, 5.41) is 18.7. The van der Waals surface area contributed by atoms with E-state index in [9.17, 15) is 5.11 Å². The van der Waals surface area contributed by atoms with Gasteiger partial charge in [0.25, 0.3) is 0 Å². The van der Waals surface area contributed by atoms with Crippen molar-refractivity contribution in [1.82, 2.24) is 0 Å². The van der Waals surface area contributed by atoms with Gasteiger partial charge in [-0.25, -0.2) is 0 Å². The molecule has 0 radical (unpaired) electrons. The molecule has 0 fully saturated rings. The maximum absolute atomic E-state index is 9.25. The topological polar surface area (TPSA) is 52.9 Å². The second-order valence-electron chi connectivity index (χ2n) is 3.78. The average Bonchev–Trinajstić information content (AvgIpc) is 2.35. The van der Waals surface area contributed by atoms with Crippen LogP contribution in [0.25, 0.3) is 0 Å². The summed E-state index contributed by atoms with van der Waals surface area (Å²) in [5.41, 5.74) is 0.878. The first-order valence-corrected chi connectivity index (χ1v) is 5.80. The summed E-state index contributed by atoms with van der Waals surface area (Å²) in [6.45, 7) is 0.0279. The molecule has 0 saturated heterocycles. The third kappa shape index (κ3) is 3.49. The van der Waals surface area contributed by atoms with Crippen LogP contribution < -0.4 is 9.64 Å². The number of hydrogen-bond donors (Lipinski definition) is 2. The first-order valence-electron chi connectivity index (χ1n) is 5.42. The van der Waals surface area contributed by atoms with Crippen molar-refractivity contribution in [1.29, 1.82) is 0 Å². The van der Waals surface area contributed by atoms with Crippen molar-refractivity contribution < 1.29 is 14.9 Å². The lowest BCUT2D eigenvalue weighted by Crippen LogP contribution is -2.35. The summed E-state index contributed by atoms with van der Waals surface area (Å²) < 4.78 is 5.07. The van der Waals surface area contributed by atoms with Gasteiger partial charge in [-0.05, 0) is 24.6 Å². The van der Waals surface area contributed by atoms with Crippen molar-refractivity contribution in [2.45, 2.75) is 12.5 Å². The number of methoxy groups -OCH3 is 1. The van der Waals surface area contributed by atoms with Gasteiger partial charge in [0.1, 0.15) is 5.75 Å².